The van der Waals surface area contributed by atoms with E-state index in [-0.39, 0.29) is 0 Å². The van der Waals surface area contributed by atoms with Gasteiger partial charge < -0.3 is 9.88 Å². The zero-order valence-corrected chi connectivity index (χ0v) is 8.95. The third-order valence-corrected chi connectivity index (χ3v) is 2.90. The first-order chi connectivity index (χ1) is 6.83. The molecule has 1 aromatic rings. The fourth-order valence-electron chi connectivity index (χ4n) is 2.12. The van der Waals surface area contributed by atoms with Crippen LogP contribution in [0.25, 0.3) is 0 Å². The van der Waals surface area contributed by atoms with Gasteiger partial charge in [-0.15, -0.1) is 10.2 Å². The summed E-state index contributed by atoms with van der Waals surface area (Å²) in [5.41, 5.74) is 0. The van der Waals surface area contributed by atoms with E-state index >= 15 is 0 Å². The molecule has 1 aliphatic rings. The maximum absolute atomic E-state index is 4.26. The molecule has 0 amide bonds. The molecule has 0 spiro atoms. The summed E-state index contributed by atoms with van der Waals surface area (Å²) < 4.78 is 2.20. The van der Waals surface area contributed by atoms with Crippen LogP contribution in [0.2, 0.25) is 0 Å². The van der Waals surface area contributed by atoms with E-state index in [9.17, 15) is 0 Å². The fraction of sp³-hybridized carbons (Fsp3) is 0.800. The number of nitrogens with zero attached hydrogens (tertiary/aromatic N) is 3. The van der Waals surface area contributed by atoms with Gasteiger partial charge in [0.15, 0.2) is 0 Å². The summed E-state index contributed by atoms with van der Waals surface area (Å²) in [6.45, 7) is 6.23. The molecule has 0 aliphatic carbocycles. The summed E-state index contributed by atoms with van der Waals surface area (Å²) in [4.78, 5) is 0. The number of nitrogens with one attached hydrogen (secondary N) is 1. The normalized spacial score (nSPS) is 22.6. The van der Waals surface area contributed by atoms with Gasteiger partial charge in [0, 0.05) is 6.54 Å². The van der Waals surface area contributed by atoms with Gasteiger partial charge in [-0.25, -0.2) is 0 Å². The molecule has 14 heavy (non-hydrogen) atoms. The maximum atomic E-state index is 4.26. The Balaban J connectivity index is 2.21. The second kappa shape index (κ2) is 4.09. The van der Waals surface area contributed by atoms with E-state index in [1.165, 1.54) is 19.3 Å². The minimum absolute atomic E-state index is 0.421. The van der Waals surface area contributed by atoms with Gasteiger partial charge in [-0.3, -0.25) is 0 Å². The number of aryl methyl sites for hydroxylation is 1. The summed E-state index contributed by atoms with van der Waals surface area (Å²) >= 11 is 0. The minimum Gasteiger partial charge on any atom is -0.314 e. The molecule has 1 atom stereocenters. The first kappa shape index (κ1) is 9.65. The van der Waals surface area contributed by atoms with Crippen LogP contribution < -0.4 is 5.32 Å². The standard InChI is InChI=1S/C10H18N4/c1-3-14-8(2)12-13-10(14)9-6-4-5-7-11-9/h9,11H,3-7H2,1-2H3/t9-/m1/s1. The molecule has 2 heterocycles. The molecule has 0 saturated carbocycles. The summed E-state index contributed by atoms with van der Waals surface area (Å²) in [6.07, 6.45) is 3.78. The van der Waals surface area contributed by atoms with E-state index in [4.69, 9.17) is 0 Å². The van der Waals surface area contributed by atoms with Crippen molar-refractivity contribution in [1.29, 1.82) is 0 Å². The lowest BCUT2D eigenvalue weighted by molar-refractivity contribution is 0.385. The van der Waals surface area contributed by atoms with Crippen LogP contribution in [0.15, 0.2) is 0 Å². The molecule has 1 saturated heterocycles. The molecule has 1 N–H and O–H groups in total. The van der Waals surface area contributed by atoms with Crippen LogP contribution in [-0.2, 0) is 6.54 Å². The van der Waals surface area contributed by atoms with E-state index in [2.05, 4.69) is 27.0 Å². The van der Waals surface area contributed by atoms with Crippen molar-refractivity contribution < 1.29 is 0 Å². The molecule has 0 radical (unpaired) electrons. The van der Waals surface area contributed by atoms with Crippen LogP contribution in [-0.4, -0.2) is 21.3 Å². The lowest BCUT2D eigenvalue weighted by Gasteiger charge is -2.23. The van der Waals surface area contributed by atoms with Crippen molar-refractivity contribution in [2.24, 2.45) is 0 Å². The Morgan fingerprint density at radius 2 is 2.29 bits per heavy atom. The van der Waals surface area contributed by atoms with Crippen LogP contribution in [0.4, 0.5) is 0 Å². The van der Waals surface area contributed by atoms with E-state index in [0.29, 0.717) is 6.04 Å². The molecular formula is C10H18N4. The van der Waals surface area contributed by atoms with Crippen molar-refractivity contribution >= 4 is 0 Å². The van der Waals surface area contributed by atoms with Gasteiger partial charge in [0.2, 0.25) is 0 Å². The van der Waals surface area contributed by atoms with E-state index < -0.39 is 0 Å². The molecule has 2 rings (SSSR count). The SMILES string of the molecule is CCn1c(C)nnc1[C@H]1CCCCN1. The number of piperidine rings is 1. The van der Waals surface area contributed by atoms with E-state index in [1.54, 1.807) is 0 Å². The lowest BCUT2D eigenvalue weighted by Crippen LogP contribution is -2.29. The zero-order valence-electron chi connectivity index (χ0n) is 8.95. The van der Waals surface area contributed by atoms with Crippen LogP contribution in [0, 0.1) is 6.92 Å². The van der Waals surface area contributed by atoms with Crippen LogP contribution in [0.1, 0.15) is 43.9 Å². The molecule has 1 aromatic heterocycles. The Bertz CT molecular complexity index is 299. The molecule has 0 unspecified atom stereocenters. The highest BCUT2D eigenvalue weighted by atomic mass is 15.3. The summed E-state index contributed by atoms with van der Waals surface area (Å²) in [5, 5.41) is 11.9. The largest absolute Gasteiger partial charge is 0.314 e. The van der Waals surface area contributed by atoms with Crippen molar-refractivity contribution in [3.63, 3.8) is 0 Å². The lowest BCUT2D eigenvalue weighted by atomic mass is 10.0. The molecule has 1 fully saturated rings. The third-order valence-electron chi connectivity index (χ3n) is 2.90. The quantitative estimate of drug-likeness (QED) is 0.774. The second-order valence-electron chi connectivity index (χ2n) is 3.85. The van der Waals surface area contributed by atoms with Gasteiger partial charge in [-0.05, 0) is 33.2 Å². The average molecular weight is 194 g/mol. The van der Waals surface area contributed by atoms with E-state index in [1.807, 2.05) is 6.92 Å². The monoisotopic (exact) mass is 194 g/mol. The average Bonchev–Trinajstić information content (AvgIpc) is 2.61. The van der Waals surface area contributed by atoms with Crippen molar-refractivity contribution in [1.82, 2.24) is 20.1 Å². The van der Waals surface area contributed by atoms with Gasteiger partial charge in [-0.2, -0.15) is 0 Å². The molecule has 0 aromatic carbocycles. The van der Waals surface area contributed by atoms with Crippen LogP contribution in [0.5, 0.6) is 0 Å². The first-order valence-corrected chi connectivity index (χ1v) is 5.46. The molecule has 0 bridgehead atoms. The predicted molar refractivity (Wildman–Crippen MR) is 55.0 cm³/mol. The molecular weight excluding hydrogens is 176 g/mol. The zero-order chi connectivity index (χ0) is 9.97. The highest BCUT2D eigenvalue weighted by molar-refractivity contribution is 5.01. The maximum Gasteiger partial charge on any atom is 0.150 e. The van der Waals surface area contributed by atoms with Gasteiger partial charge in [-0.1, -0.05) is 6.42 Å². The van der Waals surface area contributed by atoms with Gasteiger partial charge >= 0.3 is 0 Å². The van der Waals surface area contributed by atoms with Crippen molar-refractivity contribution in [3.8, 4) is 0 Å². The minimum atomic E-state index is 0.421. The third kappa shape index (κ3) is 1.66. The van der Waals surface area contributed by atoms with Crippen molar-refractivity contribution in [2.75, 3.05) is 6.54 Å². The van der Waals surface area contributed by atoms with Crippen LogP contribution in [0.3, 0.4) is 0 Å². The topological polar surface area (TPSA) is 42.7 Å². The predicted octanol–water partition coefficient (Wildman–Crippen LogP) is 1.42. The summed E-state index contributed by atoms with van der Waals surface area (Å²) in [6, 6.07) is 0.421. The Kier molecular flexibility index (Phi) is 2.82. The number of hydrogen-bond acceptors (Lipinski definition) is 3. The second-order valence-corrected chi connectivity index (χ2v) is 3.85. The fourth-order valence-corrected chi connectivity index (χ4v) is 2.12. The molecule has 4 nitrogen and oxygen atoms in total. The van der Waals surface area contributed by atoms with E-state index in [0.717, 1.165) is 24.7 Å². The highest BCUT2D eigenvalue weighted by Gasteiger charge is 2.20. The number of aromatic nitrogens is 3. The highest BCUT2D eigenvalue weighted by Crippen LogP contribution is 2.21. The Labute approximate surface area is 84.7 Å². The number of rotatable bonds is 2. The van der Waals surface area contributed by atoms with Gasteiger partial charge in [0.05, 0.1) is 6.04 Å². The summed E-state index contributed by atoms with van der Waals surface area (Å²) in [7, 11) is 0. The van der Waals surface area contributed by atoms with Crippen molar-refractivity contribution in [2.45, 2.75) is 45.7 Å². The molecule has 78 valence electrons. The Morgan fingerprint density at radius 3 is 2.93 bits per heavy atom. The van der Waals surface area contributed by atoms with Crippen LogP contribution >= 0.6 is 0 Å². The molecule has 1 aliphatic heterocycles. The number of hydrogen-bond donors (Lipinski definition) is 1. The molecule has 4 heteroatoms. The Morgan fingerprint density at radius 1 is 1.43 bits per heavy atom. The first-order valence-electron chi connectivity index (χ1n) is 5.46. The van der Waals surface area contributed by atoms with Crippen molar-refractivity contribution in [3.05, 3.63) is 11.6 Å². The summed E-state index contributed by atoms with van der Waals surface area (Å²) in [5.74, 6) is 2.14. The Hall–Kier alpha value is -0.900. The van der Waals surface area contributed by atoms with Gasteiger partial charge in [0.25, 0.3) is 0 Å². The van der Waals surface area contributed by atoms with Gasteiger partial charge in [0.1, 0.15) is 11.6 Å². The smallest absolute Gasteiger partial charge is 0.150 e.